The van der Waals surface area contributed by atoms with Crippen LogP contribution in [0.3, 0.4) is 0 Å². The van der Waals surface area contributed by atoms with Crippen molar-refractivity contribution in [2.75, 3.05) is 0 Å². The van der Waals surface area contributed by atoms with Crippen LogP contribution in [-0.4, -0.2) is 13.4 Å². The Hall–Kier alpha value is -0.178. The Morgan fingerprint density at radius 3 is 2.21 bits per heavy atom. The lowest BCUT2D eigenvalue weighted by Crippen LogP contribution is -2.49. The first-order valence-corrected chi connectivity index (χ1v) is 13.8. The second-order valence-corrected chi connectivity index (χ2v) is 13.9. The van der Waals surface area contributed by atoms with Gasteiger partial charge < -0.3 is 0 Å². The van der Waals surface area contributed by atoms with Crippen molar-refractivity contribution in [3.8, 4) is 0 Å². The standard InChI is InChI=1S/C20H29BCl2Si/c1-2-3-5-16-20(24(22,23)19-14-6-4-7-15-19)21-17-10-8-11-18(21)13-9-12-17/h4,6-7,14-18H,2-3,5,8-13H2,1H3/b20-16-. The van der Waals surface area contributed by atoms with E-state index >= 15 is 0 Å². The highest BCUT2D eigenvalue weighted by molar-refractivity contribution is 7.56. The van der Waals surface area contributed by atoms with Crippen LogP contribution in [-0.2, 0) is 0 Å². The van der Waals surface area contributed by atoms with Gasteiger partial charge in [0.05, 0.1) is 0 Å². The molecule has 0 atom stereocenters. The Bertz CT molecular complexity index is 536. The third-order valence-corrected chi connectivity index (χ3v) is 11.0. The Morgan fingerprint density at radius 1 is 1.08 bits per heavy atom. The van der Waals surface area contributed by atoms with Crippen molar-refractivity contribution in [1.82, 2.24) is 0 Å². The average Bonchev–Trinajstić information content (AvgIpc) is 2.59. The van der Waals surface area contributed by atoms with Crippen molar-refractivity contribution >= 4 is 40.8 Å². The minimum absolute atomic E-state index is 0.645. The van der Waals surface area contributed by atoms with Gasteiger partial charge in [-0.2, -0.15) is 0 Å². The van der Waals surface area contributed by atoms with Gasteiger partial charge in [-0.1, -0.05) is 111 Å². The third kappa shape index (κ3) is 3.97. The molecule has 0 saturated carbocycles. The van der Waals surface area contributed by atoms with Gasteiger partial charge in [-0.3, -0.25) is 0 Å². The molecule has 130 valence electrons. The topological polar surface area (TPSA) is 0 Å². The van der Waals surface area contributed by atoms with Crippen molar-refractivity contribution in [2.45, 2.75) is 76.3 Å². The van der Waals surface area contributed by atoms with E-state index in [1.807, 2.05) is 0 Å². The monoisotopic (exact) mass is 378 g/mol. The summed E-state index contributed by atoms with van der Waals surface area (Å²) in [6.07, 6.45) is 14.4. The summed E-state index contributed by atoms with van der Waals surface area (Å²) in [5.74, 6) is 1.64. The van der Waals surface area contributed by atoms with E-state index in [0.29, 0.717) is 6.71 Å². The molecule has 0 unspecified atom stereocenters. The first-order chi connectivity index (χ1) is 11.6. The lowest BCUT2D eigenvalue weighted by atomic mass is 9.27. The van der Waals surface area contributed by atoms with Crippen LogP contribution in [0.4, 0.5) is 0 Å². The molecule has 0 N–H and O–H groups in total. The molecule has 1 aromatic carbocycles. The molecule has 0 radical (unpaired) electrons. The van der Waals surface area contributed by atoms with Gasteiger partial charge in [0.25, 0.3) is 6.69 Å². The Labute approximate surface area is 158 Å². The first-order valence-electron chi connectivity index (χ1n) is 9.78. The van der Waals surface area contributed by atoms with E-state index in [1.165, 1.54) is 61.6 Å². The van der Waals surface area contributed by atoms with Gasteiger partial charge in [0, 0.05) is 0 Å². The number of fused-ring (bicyclic) bond motifs is 2. The van der Waals surface area contributed by atoms with Crippen molar-refractivity contribution in [2.24, 2.45) is 0 Å². The van der Waals surface area contributed by atoms with Crippen LogP contribution in [0.25, 0.3) is 0 Å². The lowest BCUT2D eigenvalue weighted by Gasteiger charge is -2.44. The first kappa shape index (κ1) is 18.6. The summed E-state index contributed by atoms with van der Waals surface area (Å²) in [5.41, 5.74) is 0. The lowest BCUT2D eigenvalue weighted by molar-refractivity contribution is 0.446. The molecule has 0 aromatic heterocycles. The number of rotatable bonds is 6. The molecule has 4 heteroatoms. The van der Waals surface area contributed by atoms with E-state index < -0.39 is 6.69 Å². The van der Waals surface area contributed by atoms with E-state index in [4.69, 9.17) is 22.2 Å². The third-order valence-electron chi connectivity index (χ3n) is 6.10. The number of unbranched alkanes of at least 4 members (excludes halogenated alkanes) is 2. The van der Waals surface area contributed by atoms with Gasteiger partial charge in [0.15, 0.2) is 6.71 Å². The van der Waals surface area contributed by atoms with Gasteiger partial charge in [0.1, 0.15) is 0 Å². The Kier molecular flexibility index (Phi) is 6.57. The van der Waals surface area contributed by atoms with Crippen LogP contribution >= 0.6 is 22.2 Å². The molecular formula is C20H29BCl2Si. The maximum Gasteiger partial charge on any atom is 0.298 e. The molecule has 24 heavy (non-hydrogen) atoms. The van der Waals surface area contributed by atoms with Crippen LogP contribution in [0, 0.1) is 0 Å². The molecule has 1 aromatic rings. The summed E-state index contributed by atoms with van der Waals surface area (Å²) >= 11 is 14.4. The molecule has 0 amide bonds. The molecule has 2 bridgehead atoms. The fourth-order valence-corrected chi connectivity index (χ4v) is 9.14. The normalized spacial score (nSPS) is 25.0. The molecule has 2 saturated heterocycles. The molecule has 3 rings (SSSR count). The summed E-state index contributed by atoms with van der Waals surface area (Å²) in [7, 11) is 0. The second-order valence-electron chi connectivity index (χ2n) is 7.65. The van der Waals surface area contributed by atoms with E-state index in [0.717, 1.165) is 18.1 Å². The zero-order valence-electron chi connectivity index (χ0n) is 14.8. The van der Waals surface area contributed by atoms with Gasteiger partial charge in [0.2, 0.25) is 0 Å². The minimum Gasteiger partial charge on any atom is -0.135 e. The molecule has 2 aliphatic rings. The molecule has 2 heterocycles. The van der Waals surface area contributed by atoms with E-state index in [1.54, 1.807) is 0 Å². The van der Waals surface area contributed by atoms with E-state index in [2.05, 4.69) is 43.3 Å². The predicted octanol–water partition coefficient (Wildman–Crippen LogP) is 6.61. The van der Waals surface area contributed by atoms with Crippen LogP contribution in [0.2, 0.25) is 11.6 Å². The fourth-order valence-electron chi connectivity index (χ4n) is 4.93. The summed E-state index contributed by atoms with van der Waals surface area (Å²) in [6.45, 7) is 0.294. The number of hydrogen-bond acceptors (Lipinski definition) is 0. The number of halogens is 2. The largest absolute Gasteiger partial charge is 0.298 e. The molecule has 2 aliphatic heterocycles. The smallest absolute Gasteiger partial charge is 0.135 e. The quantitative estimate of drug-likeness (QED) is 0.296. The zero-order valence-corrected chi connectivity index (χ0v) is 17.3. The van der Waals surface area contributed by atoms with Crippen LogP contribution in [0.1, 0.15) is 64.7 Å². The van der Waals surface area contributed by atoms with Crippen LogP contribution in [0.15, 0.2) is 41.5 Å². The maximum atomic E-state index is 7.19. The number of benzene rings is 1. The molecule has 0 spiro atoms. The Balaban J connectivity index is 1.95. The molecule has 2 fully saturated rings. The van der Waals surface area contributed by atoms with Gasteiger partial charge in [-0.25, -0.2) is 0 Å². The van der Waals surface area contributed by atoms with Gasteiger partial charge in [-0.15, -0.1) is 22.2 Å². The summed E-state index contributed by atoms with van der Waals surface area (Å²) in [4.78, 5) is 0. The summed E-state index contributed by atoms with van der Waals surface area (Å²) in [5, 5.41) is 2.61. The van der Waals surface area contributed by atoms with Gasteiger partial charge >= 0.3 is 0 Å². The van der Waals surface area contributed by atoms with E-state index in [9.17, 15) is 0 Å². The molecular weight excluding hydrogens is 350 g/mol. The SMILES string of the molecule is CCCC/C=C(/B1C2CCCC1CCC2)[Si](Cl)(Cl)c1ccccc1. The van der Waals surface area contributed by atoms with Gasteiger partial charge in [-0.05, 0) is 11.6 Å². The number of hydrogen-bond donors (Lipinski definition) is 0. The average molecular weight is 379 g/mol. The predicted molar refractivity (Wildman–Crippen MR) is 112 cm³/mol. The molecule has 0 nitrogen and oxygen atoms in total. The van der Waals surface area contributed by atoms with Crippen molar-refractivity contribution in [1.29, 1.82) is 0 Å². The van der Waals surface area contributed by atoms with Crippen molar-refractivity contribution in [3.63, 3.8) is 0 Å². The second kappa shape index (κ2) is 8.47. The minimum atomic E-state index is -2.61. The maximum absolute atomic E-state index is 7.19. The van der Waals surface area contributed by atoms with E-state index in [-0.39, 0.29) is 0 Å². The number of allylic oxidation sites excluding steroid dienone is 1. The van der Waals surface area contributed by atoms with Crippen molar-refractivity contribution in [3.05, 3.63) is 41.5 Å². The summed E-state index contributed by atoms with van der Waals surface area (Å²) in [6, 6.07) is 10.5. The fraction of sp³-hybridized carbons (Fsp3) is 0.600. The molecule has 0 aliphatic carbocycles. The van der Waals surface area contributed by atoms with Crippen LogP contribution in [0.5, 0.6) is 0 Å². The van der Waals surface area contributed by atoms with Crippen LogP contribution < -0.4 is 5.19 Å². The highest BCUT2D eigenvalue weighted by Crippen LogP contribution is 2.51. The van der Waals surface area contributed by atoms with Crippen molar-refractivity contribution < 1.29 is 0 Å². The zero-order chi connectivity index (χ0) is 17.0. The summed E-state index contributed by atoms with van der Waals surface area (Å²) < 4.78 is 0. The highest BCUT2D eigenvalue weighted by Gasteiger charge is 2.48. The highest BCUT2D eigenvalue weighted by atomic mass is 35.7. The Morgan fingerprint density at radius 2 is 1.67 bits per heavy atom.